The summed E-state index contributed by atoms with van der Waals surface area (Å²) >= 11 is 1.70. The average Bonchev–Trinajstić information content (AvgIpc) is 2.82. The van der Waals surface area contributed by atoms with Gasteiger partial charge in [-0.05, 0) is 33.6 Å². The standard InChI is InChI=1S/C14H24N2O2S/c1-14(2,3)15-8-13-16-11(10-19-13)9-18-12-4-6-17-7-5-12/h10,12,15H,4-9H2,1-3H3. The number of hydrogen-bond acceptors (Lipinski definition) is 5. The van der Waals surface area contributed by atoms with Crippen LogP contribution in [0.5, 0.6) is 0 Å². The maximum Gasteiger partial charge on any atom is 0.107 e. The molecule has 1 aliphatic rings. The second-order valence-electron chi connectivity index (χ2n) is 5.96. The van der Waals surface area contributed by atoms with Gasteiger partial charge in [0.05, 0.1) is 18.4 Å². The van der Waals surface area contributed by atoms with E-state index in [2.05, 4.69) is 36.5 Å². The van der Waals surface area contributed by atoms with E-state index in [1.165, 1.54) is 0 Å². The fraction of sp³-hybridized carbons (Fsp3) is 0.786. The molecule has 19 heavy (non-hydrogen) atoms. The highest BCUT2D eigenvalue weighted by atomic mass is 32.1. The Kier molecular flexibility index (Phi) is 5.33. The largest absolute Gasteiger partial charge is 0.381 e. The first-order valence-electron chi connectivity index (χ1n) is 6.90. The third-order valence-corrected chi connectivity index (χ3v) is 3.90. The van der Waals surface area contributed by atoms with Crippen LogP contribution in [-0.2, 0) is 22.6 Å². The van der Waals surface area contributed by atoms with Crippen molar-refractivity contribution in [3.63, 3.8) is 0 Å². The van der Waals surface area contributed by atoms with Crippen LogP contribution >= 0.6 is 11.3 Å². The molecule has 0 aromatic carbocycles. The number of ether oxygens (including phenoxy) is 2. The Balaban J connectivity index is 1.74. The highest BCUT2D eigenvalue weighted by molar-refractivity contribution is 7.09. The van der Waals surface area contributed by atoms with E-state index in [9.17, 15) is 0 Å². The van der Waals surface area contributed by atoms with Crippen LogP contribution in [0.15, 0.2) is 5.38 Å². The van der Waals surface area contributed by atoms with Crippen molar-refractivity contribution in [2.45, 2.75) is 58.4 Å². The normalized spacial score (nSPS) is 17.8. The molecular weight excluding hydrogens is 260 g/mol. The SMILES string of the molecule is CC(C)(C)NCc1nc(COC2CCOCC2)cs1. The van der Waals surface area contributed by atoms with E-state index in [4.69, 9.17) is 9.47 Å². The molecule has 0 bridgehead atoms. The van der Waals surface area contributed by atoms with Gasteiger partial charge in [0.2, 0.25) is 0 Å². The van der Waals surface area contributed by atoms with E-state index in [1.807, 2.05) is 0 Å². The number of hydrogen-bond donors (Lipinski definition) is 1. The van der Waals surface area contributed by atoms with Crippen LogP contribution in [0.25, 0.3) is 0 Å². The topological polar surface area (TPSA) is 43.4 Å². The minimum absolute atomic E-state index is 0.129. The van der Waals surface area contributed by atoms with Crippen molar-refractivity contribution >= 4 is 11.3 Å². The fourth-order valence-electron chi connectivity index (χ4n) is 1.88. The Morgan fingerprint density at radius 2 is 2.16 bits per heavy atom. The average molecular weight is 284 g/mol. The first kappa shape index (κ1) is 14.9. The summed E-state index contributed by atoms with van der Waals surface area (Å²) in [6.07, 6.45) is 2.34. The molecule has 1 aromatic heterocycles. The second-order valence-corrected chi connectivity index (χ2v) is 6.90. The zero-order valence-electron chi connectivity index (χ0n) is 12.1. The molecule has 1 aromatic rings. The Morgan fingerprint density at radius 3 is 2.84 bits per heavy atom. The van der Waals surface area contributed by atoms with Gasteiger partial charge in [-0.25, -0.2) is 4.98 Å². The molecule has 0 atom stereocenters. The minimum Gasteiger partial charge on any atom is -0.381 e. The lowest BCUT2D eigenvalue weighted by molar-refractivity contribution is -0.0398. The highest BCUT2D eigenvalue weighted by Crippen LogP contribution is 2.16. The van der Waals surface area contributed by atoms with Crippen LogP contribution in [0, 0.1) is 0 Å². The van der Waals surface area contributed by atoms with Crippen molar-refractivity contribution < 1.29 is 9.47 Å². The lowest BCUT2D eigenvalue weighted by Crippen LogP contribution is -2.35. The molecule has 1 saturated heterocycles. The molecule has 0 amide bonds. The van der Waals surface area contributed by atoms with Crippen molar-refractivity contribution in [2.75, 3.05) is 13.2 Å². The van der Waals surface area contributed by atoms with Gasteiger partial charge in [-0.2, -0.15) is 0 Å². The summed E-state index contributed by atoms with van der Waals surface area (Å²) in [5.41, 5.74) is 1.17. The number of rotatable bonds is 5. The third-order valence-electron chi connectivity index (χ3n) is 3.00. The van der Waals surface area contributed by atoms with E-state index in [1.54, 1.807) is 11.3 Å². The smallest absolute Gasteiger partial charge is 0.107 e. The minimum atomic E-state index is 0.129. The molecule has 4 nitrogen and oxygen atoms in total. The van der Waals surface area contributed by atoms with Gasteiger partial charge in [0.15, 0.2) is 0 Å². The lowest BCUT2D eigenvalue weighted by Gasteiger charge is -2.21. The maximum absolute atomic E-state index is 5.87. The Hall–Kier alpha value is -0.490. The second kappa shape index (κ2) is 6.79. The molecule has 1 N–H and O–H groups in total. The molecule has 108 valence electrons. The van der Waals surface area contributed by atoms with Crippen molar-refractivity contribution in [1.29, 1.82) is 0 Å². The van der Waals surface area contributed by atoms with Crippen molar-refractivity contribution in [3.05, 3.63) is 16.1 Å². The molecule has 0 unspecified atom stereocenters. The van der Waals surface area contributed by atoms with Crippen LogP contribution in [0.4, 0.5) is 0 Å². The molecule has 0 spiro atoms. The molecule has 1 fully saturated rings. The predicted octanol–water partition coefficient (Wildman–Crippen LogP) is 2.73. The molecule has 0 saturated carbocycles. The Labute approximate surface area is 119 Å². The Morgan fingerprint density at radius 1 is 1.42 bits per heavy atom. The molecule has 0 radical (unpaired) electrons. The van der Waals surface area contributed by atoms with E-state index < -0.39 is 0 Å². The molecule has 5 heteroatoms. The molecule has 0 aliphatic carbocycles. The van der Waals surface area contributed by atoms with Gasteiger partial charge < -0.3 is 14.8 Å². The molecule has 2 heterocycles. The van der Waals surface area contributed by atoms with E-state index in [0.29, 0.717) is 12.7 Å². The summed E-state index contributed by atoms with van der Waals surface area (Å²) in [6, 6.07) is 0. The Bertz CT molecular complexity index is 381. The summed E-state index contributed by atoms with van der Waals surface area (Å²) in [6.45, 7) is 9.58. The van der Waals surface area contributed by atoms with Crippen molar-refractivity contribution in [2.24, 2.45) is 0 Å². The van der Waals surface area contributed by atoms with E-state index >= 15 is 0 Å². The van der Waals surface area contributed by atoms with Gasteiger partial charge in [0.1, 0.15) is 5.01 Å². The van der Waals surface area contributed by atoms with Crippen LogP contribution in [0.3, 0.4) is 0 Å². The van der Waals surface area contributed by atoms with Crippen LogP contribution in [0.2, 0.25) is 0 Å². The number of thiazole rings is 1. The summed E-state index contributed by atoms with van der Waals surface area (Å²) in [4.78, 5) is 4.60. The molecule has 2 rings (SSSR count). The van der Waals surface area contributed by atoms with Crippen LogP contribution in [0.1, 0.15) is 44.3 Å². The van der Waals surface area contributed by atoms with Gasteiger partial charge >= 0.3 is 0 Å². The first-order valence-corrected chi connectivity index (χ1v) is 7.78. The predicted molar refractivity (Wildman–Crippen MR) is 77.3 cm³/mol. The monoisotopic (exact) mass is 284 g/mol. The zero-order valence-corrected chi connectivity index (χ0v) is 12.9. The molecular formula is C14H24N2O2S. The van der Waals surface area contributed by atoms with E-state index in [-0.39, 0.29) is 5.54 Å². The zero-order chi connectivity index (χ0) is 13.7. The van der Waals surface area contributed by atoms with Gasteiger partial charge in [-0.15, -0.1) is 11.3 Å². The van der Waals surface area contributed by atoms with E-state index in [0.717, 1.165) is 43.3 Å². The number of nitrogens with zero attached hydrogens (tertiary/aromatic N) is 1. The van der Waals surface area contributed by atoms with Crippen molar-refractivity contribution in [3.8, 4) is 0 Å². The highest BCUT2D eigenvalue weighted by Gasteiger charge is 2.15. The third kappa shape index (κ3) is 5.57. The summed E-state index contributed by atoms with van der Waals surface area (Å²) in [5.74, 6) is 0. The van der Waals surface area contributed by atoms with Crippen LogP contribution in [-0.4, -0.2) is 29.8 Å². The molecule has 1 aliphatic heterocycles. The maximum atomic E-state index is 5.87. The van der Waals surface area contributed by atoms with Gasteiger partial charge in [-0.1, -0.05) is 0 Å². The first-order chi connectivity index (χ1) is 9.03. The number of nitrogens with one attached hydrogen (secondary N) is 1. The lowest BCUT2D eigenvalue weighted by atomic mass is 10.1. The summed E-state index contributed by atoms with van der Waals surface area (Å²) < 4.78 is 11.2. The van der Waals surface area contributed by atoms with Gasteiger partial charge in [0.25, 0.3) is 0 Å². The fourth-order valence-corrected chi connectivity index (χ4v) is 2.60. The van der Waals surface area contributed by atoms with Gasteiger partial charge in [-0.3, -0.25) is 0 Å². The quantitative estimate of drug-likeness (QED) is 0.903. The number of aromatic nitrogens is 1. The van der Waals surface area contributed by atoms with Gasteiger partial charge in [0, 0.05) is 30.7 Å². The summed E-state index contributed by atoms with van der Waals surface area (Å²) in [7, 11) is 0. The van der Waals surface area contributed by atoms with Crippen molar-refractivity contribution in [1.82, 2.24) is 10.3 Å². The van der Waals surface area contributed by atoms with Crippen LogP contribution < -0.4 is 5.32 Å². The summed E-state index contributed by atoms with van der Waals surface area (Å²) in [5, 5.41) is 6.67.